The first-order valence-corrected chi connectivity index (χ1v) is 11.5. The third-order valence-corrected chi connectivity index (χ3v) is 7.95. The summed E-state index contributed by atoms with van der Waals surface area (Å²) in [7, 11) is -1.38. The van der Waals surface area contributed by atoms with Crippen LogP contribution in [0.25, 0.3) is 0 Å². The van der Waals surface area contributed by atoms with Crippen LogP contribution in [0.15, 0.2) is 0 Å². The minimum absolute atomic E-state index is 0.0744. The third kappa shape index (κ3) is 4.74. The topological polar surface area (TPSA) is 66.9 Å². The van der Waals surface area contributed by atoms with E-state index >= 15 is 0 Å². The number of carbonyl (C=O) groups excluding carboxylic acids is 1. The van der Waals surface area contributed by atoms with E-state index in [9.17, 15) is 13.2 Å². The first-order valence-electron chi connectivity index (χ1n) is 9.73. The van der Waals surface area contributed by atoms with Crippen molar-refractivity contribution >= 4 is 15.7 Å². The summed E-state index contributed by atoms with van der Waals surface area (Å²) in [6, 6.07) is 0.364. The van der Waals surface area contributed by atoms with Crippen molar-refractivity contribution in [3.63, 3.8) is 0 Å². The summed E-state index contributed by atoms with van der Waals surface area (Å²) in [5, 5.41) is 0. The maximum atomic E-state index is 13.0. The fourth-order valence-corrected chi connectivity index (χ4v) is 6.64. The SMILES string of the molecule is COCCN(C(=O)CN1CCCC2CCCCC21)C1CCS(=O)(=O)C1. The number of sulfone groups is 1. The number of hydrogen-bond acceptors (Lipinski definition) is 5. The Morgan fingerprint density at radius 1 is 1.16 bits per heavy atom. The molecule has 0 radical (unpaired) electrons. The van der Waals surface area contributed by atoms with E-state index in [1.165, 1.54) is 38.5 Å². The average molecular weight is 373 g/mol. The molecule has 0 N–H and O–H groups in total. The van der Waals surface area contributed by atoms with Crippen LogP contribution in [0.5, 0.6) is 0 Å². The summed E-state index contributed by atoms with van der Waals surface area (Å²) in [5.74, 6) is 1.12. The molecule has 3 rings (SSSR count). The highest BCUT2D eigenvalue weighted by Gasteiger charge is 2.38. The minimum Gasteiger partial charge on any atom is -0.383 e. The van der Waals surface area contributed by atoms with Gasteiger partial charge in [0.1, 0.15) is 0 Å². The number of hydrogen-bond donors (Lipinski definition) is 0. The minimum atomic E-state index is -3.00. The van der Waals surface area contributed by atoms with Gasteiger partial charge in [0.05, 0.1) is 24.7 Å². The number of likely N-dealkylation sites (tertiary alicyclic amines) is 1. The smallest absolute Gasteiger partial charge is 0.237 e. The first kappa shape index (κ1) is 19.1. The van der Waals surface area contributed by atoms with E-state index in [0.717, 1.165) is 12.5 Å². The van der Waals surface area contributed by atoms with E-state index < -0.39 is 9.84 Å². The van der Waals surface area contributed by atoms with Crippen molar-refractivity contribution in [1.29, 1.82) is 0 Å². The quantitative estimate of drug-likeness (QED) is 0.703. The van der Waals surface area contributed by atoms with E-state index in [2.05, 4.69) is 4.90 Å². The number of methoxy groups -OCH3 is 1. The lowest BCUT2D eigenvalue weighted by Gasteiger charge is -2.44. The molecule has 0 aromatic rings. The Kier molecular flexibility index (Phi) is 6.39. The highest BCUT2D eigenvalue weighted by atomic mass is 32.2. The second-order valence-corrected chi connectivity index (χ2v) is 10.1. The van der Waals surface area contributed by atoms with Crippen LogP contribution in [0.4, 0.5) is 0 Å². The second-order valence-electron chi connectivity index (χ2n) is 7.86. The molecule has 3 fully saturated rings. The van der Waals surface area contributed by atoms with Gasteiger partial charge in [0.2, 0.25) is 5.91 Å². The van der Waals surface area contributed by atoms with Crippen molar-refractivity contribution in [2.45, 2.75) is 57.0 Å². The Balaban J connectivity index is 1.65. The molecule has 0 spiro atoms. The van der Waals surface area contributed by atoms with Crippen LogP contribution < -0.4 is 0 Å². The lowest BCUT2D eigenvalue weighted by atomic mass is 9.78. The molecular weight excluding hydrogens is 340 g/mol. The van der Waals surface area contributed by atoms with Gasteiger partial charge in [0, 0.05) is 25.7 Å². The van der Waals surface area contributed by atoms with Crippen molar-refractivity contribution in [1.82, 2.24) is 9.80 Å². The van der Waals surface area contributed by atoms with Gasteiger partial charge in [-0.1, -0.05) is 12.8 Å². The Morgan fingerprint density at radius 3 is 2.64 bits per heavy atom. The largest absolute Gasteiger partial charge is 0.383 e. The van der Waals surface area contributed by atoms with Crippen molar-refractivity contribution in [2.24, 2.45) is 5.92 Å². The van der Waals surface area contributed by atoms with Crippen LogP contribution in [-0.2, 0) is 19.4 Å². The predicted octanol–water partition coefficient (Wildman–Crippen LogP) is 1.30. The molecule has 3 unspecified atom stereocenters. The van der Waals surface area contributed by atoms with Gasteiger partial charge in [-0.25, -0.2) is 8.42 Å². The molecule has 2 aliphatic heterocycles. The summed E-state index contributed by atoms with van der Waals surface area (Å²) in [6.45, 7) is 2.36. The van der Waals surface area contributed by atoms with E-state index in [4.69, 9.17) is 4.74 Å². The standard InChI is InChI=1S/C18H32N2O4S/c1-24-11-10-20(16-8-12-25(22,23)14-16)18(21)13-19-9-4-6-15-5-2-3-7-17(15)19/h15-17H,2-14H2,1H3. The number of nitrogens with zero attached hydrogens (tertiary/aromatic N) is 2. The lowest BCUT2D eigenvalue weighted by molar-refractivity contribution is -0.136. The van der Waals surface area contributed by atoms with Gasteiger partial charge in [0.15, 0.2) is 9.84 Å². The van der Waals surface area contributed by atoms with Crippen molar-refractivity contribution in [3.8, 4) is 0 Å². The Labute approximate surface area is 151 Å². The van der Waals surface area contributed by atoms with E-state index in [-0.39, 0.29) is 23.5 Å². The maximum absolute atomic E-state index is 13.0. The van der Waals surface area contributed by atoms with Gasteiger partial charge < -0.3 is 9.64 Å². The zero-order chi connectivity index (χ0) is 17.9. The van der Waals surface area contributed by atoms with Crippen LogP contribution in [0.2, 0.25) is 0 Å². The second kappa shape index (κ2) is 8.35. The predicted molar refractivity (Wildman–Crippen MR) is 97.2 cm³/mol. The normalized spacial score (nSPS) is 32.3. The van der Waals surface area contributed by atoms with Crippen molar-refractivity contribution in [2.75, 3.05) is 44.9 Å². The van der Waals surface area contributed by atoms with Gasteiger partial charge in [-0.3, -0.25) is 9.69 Å². The number of ether oxygens (including phenoxy) is 1. The average Bonchev–Trinajstić information content (AvgIpc) is 2.95. The highest BCUT2D eigenvalue weighted by Crippen LogP contribution is 2.35. The van der Waals surface area contributed by atoms with Gasteiger partial charge in [0.25, 0.3) is 0 Å². The number of amides is 1. The van der Waals surface area contributed by atoms with Crippen LogP contribution in [-0.4, -0.2) is 81.1 Å². The summed E-state index contributed by atoms with van der Waals surface area (Å²) in [6.07, 6.45) is 8.11. The Bertz CT molecular complexity index is 563. The van der Waals surface area contributed by atoms with Crippen LogP contribution in [0.3, 0.4) is 0 Å². The molecule has 6 nitrogen and oxygen atoms in total. The zero-order valence-electron chi connectivity index (χ0n) is 15.4. The molecule has 0 aromatic carbocycles. The van der Waals surface area contributed by atoms with Crippen molar-refractivity contribution in [3.05, 3.63) is 0 Å². The number of carbonyl (C=O) groups is 1. The Hall–Kier alpha value is -0.660. The molecule has 25 heavy (non-hydrogen) atoms. The highest BCUT2D eigenvalue weighted by molar-refractivity contribution is 7.91. The Morgan fingerprint density at radius 2 is 1.92 bits per heavy atom. The molecular formula is C18H32N2O4S. The van der Waals surface area contributed by atoms with E-state index in [1.807, 2.05) is 0 Å². The molecule has 7 heteroatoms. The molecule has 2 heterocycles. The molecule has 3 atom stereocenters. The van der Waals surface area contributed by atoms with Gasteiger partial charge in [-0.15, -0.1) is 0 Å². The van der Waals surface area contributed by atoms with Crippen LogP contribution in [0.1, 0.15) is 44.9 Å². The molecule has 3 aliphatic rings. The van der Waals surface area contributed by atoms with Crippen LogP contribution in [0, 0.1) is 5.92 Å². The maximum Gasteiger partial charge on any atom is 0.237 e. The molecule has 1 aliphatic carbocycles. The molecule has 0 aromatic heterocycles. The molecule has 1 amide bonds. The fourth-order valence-electron chi connectivity index (χ4n) is 4.91. The van der Waals surface area contributed by atoms with Crippen LogP contribution >= 0.6 is 0 Å². The van der Waals surface area contributed by atoms with E-state index in [1.54, 1.807) is 12.0 Å². The zero-order valence-corrected chi connectivity index (χ0v) is 16.2. The summed E-state index contributed by atoms with van der Waals surface area (Å²) in [4.78, 5) is 17.2. The summed E-state index contributed by atoms with van der Waals surface area (Å²) < 4.78 is 28.8. The van der Waals surface area contributed by atoms with Gasteiger partial charge in [-0.05, 0) is 44.6 Å². The molecule has 0 bridgehead atoms. The number of piperidine rings is 1. The number of fused-ring (bicyclic) bond motifs is 1. The lowest BCUT2D eigenvalue weighted by Crippen LogP contribution is -2.53. The van der Waals surface area contributed by atoms with Crippen molar-refractivity contribution < 1.29 is 17.9 Å². The van der Waals surface area contributed by atoms with Gasteiger partial charge >= 0.3 is 0 Å². The van der Waals surface area contributed by atoms with E-state index in [0.29, 0.717) is 32.2 Å². The third-order valence-electron chi connectivity index (χ3n) is 6.20. The molecule has 144 valence electrons. The fraction of sp³-hybridized carbons (Fsp3) is 0.944. The monoisotopic (exact) mass is 372 g/mol. The summed E-state index contributed by atoms with van der Waals surface area (Å²) >= 11 is 0. The summed E-state index contributed by atoms with van der Waals surface area (Å²) in [5.41, 5.74) is 0. The number of rotatable bonds is 6. The van der Waals surface area contributed by atoms with Gasteiger partial charge in [-0.2, -0.15) is 0 Å². The molecule has 1 saturated carbocycles. The first-order chi connectivity index (χ1) is 12.0. The molecule has 2 saturated heterocycles.